The quantitative estimate of drug-likeness (QED) is 0.292. The van der Waals surface area contributed by atoms with Crippen molar-refractivity contribution in [2.24, 2.45) is 19.2 Å². The summed E-state index contributed by atoms with van der Waals surface area (Å²) < 4.78 is 3.85. The van der Waals surface area contributed by atoms with Gasteiger partial charge in [-0.3, -0.25) is 28.6 Å². The number of imidazole rings is 1. The van der Waals surface area contributed by atoms with E-state index in [-0.39, 0.29) is 29.3 Å². The first-order chi connectivity index (χ1) is 13.3. The molecule has 0 aliphatic rings. The van der Waals surface area contributed by atoms with Crippen LogP contribution in [0.5, 0.6) is 0 Å². The highest BCUT2D eigenvalue weighted by molar-refractivity contribution is 5.81. The Morgan fingerprint density at radius 2 is 1.93 bits per heavy atom. The van der Waals surface area contributed by atoms with E-state index in [0.717, 1.165) is 4.57 Å². The topological polar surface area (TPSA) is 129 Å². The van der Waals surface area contributed by atoms with Crippen LogP contribution in [0.4, 0.5) is 11.6 Å². The number of rotatable bonds is 6. The number of anilines is 1. The smallest absolute Gasteiger partial charge is 0.299 e. The van der Waals surface area contributed by atoms with E-state index in [4.69, 9.17) is 0 Å². The summed E-state index contributed by atoms with van der Waals surface area (Å²) in [5.74, 6) is 0.256. The normalized spacial score (nSPS) is 11.2. The zero-order chi connectivity index (χ0) is 20.4. The Bertz CT molecular complexity index is 1220. The lowest BCUT2D eigenvalue weighted by atomic mass is 10.2. The summed E-state index contributed by atoms with van der Waals surface area (Å²) in [4.78, 5) is 39.2. The fourth-order valence-corrected chi connectivity index (χ4v) is 2.69. The Kier molecular flexibility index (Phi) is 4.90. The number of benzene rings is 1. The van der Waals surface area contributed by atoms with Gasteiger partial charge < -0.3 is 0 Å². The monoisotopic (exact) mass is 383 g/mol. The van der Waals surface area contributed by atoms with Gasteiger partial charge in [0.25, 0.3) is 11.2 Å². The van der Waals surface area contributed by atoms with Crippen LogP contribution >= 0.6 is 0 Å². The molecule has 0 atom stereocenters. The molecule has 28 heavy (non-hydrogen) atoms. The van der Waals surface area contributed by atoms with Gasteiger partial charge in [0.2, 0.25) is 5.95 Å². The molecule has 0 aliphatic heterocycles. The molecular weight excluding hydrogens is 366 g/mol. The minimum absolute atomic E-state index is 0.0188. The maximum absolute atomic E-state index is 12.5. The lowest BCUT2D eigenvalue weighted by molar-refractivity contribution is -0.384. The Morgan fingerprint density at radius 1 is 1.25 bits per heavy atom. The molecule has 0 bridgehead atoms. The number of hydrogen-bond acceptors (Lipinski definition) is 7. The van der Waals surface area contributed by atoms with Crippen molar-refractivity contribution < 1.29 is 4.92 Å². The molecule has 0 radical (unpaired) electrons. The molecule has 11 heteroatoms. The van der Waals surface area contributed by atoms with Crippen molar-refractivity contribution in [3.8, 4) is 0 Å². The number of nitro groups is 1. The standard InChI is InChI=1S/C17H17N7O4/c1-4-9-23-13-14(21(2)17(26)22(3)15(13)25)19-16(23)20-18-10-11-5-7-12(8-6-11)24(27)28/h4-8,10H,1,9H2,2-3H3,(H,19,20). The van der Waals surface area contributed by atoms with Crippen molar-refractivity contribution in [2.75, 3.05) is 5.43 Å². The van der Waals surface area contributed by atoms with Crippen LogP contribution < -0.4 is 16.7 Å². The molecule has 2 aromatic heterocycles. The summed E-state index contributed by atoms with van der Waals surface area (Å²) in [6.45, 7) is 3.96. The van der Waals surface area contributed by atoms with Gasteiger partial charge in [0.05, 0.1) is 11.1 Å². The molecule has 11 nitrogen and oxygen atoms in total. The van der Waals surface area contributed by atoms with Crippen LogP contribution in [-0.4, -0.2) is 29.8 Å². The molecule has 3 aromatic rings. The first kappa shape index (κ1) is 18.8. The van der Waals surface area contributed by atoms with Gasteiger partial charge >= 0.3 is 5.69 Å². The summed E-state index contributed by atoms with van der Waals surface area (Å²) in [6, 6.07) is 5.84. The number of nitro benzene ring substituents is 1. The third-order valence-electron chi connectivity index (χ3n) is 4.14. The first-order valence-electron chi connectivity index (χ1n) is 8.15. The van der Waals surface area contributed by atoms with Gasteiger partial charge in [-0.1, -0.05) is 6.08 Å². The number of aromatic nitrogens is 4. The molecule has 2 heterocycles. The Hall–Kier alpha value is -4.02. The van der Waals surface area contributed by atoms with Gasteiger partial charge in [0.1, 0.15) is 0 Å². The number of nitrogens with zero attached hydrogens (tertiary/aromatic N) is 6. The van der Waals surface area contributed by atoms with Crippen LogP contribution in [-0.2, 0) is 20.6 Å². The SMILES string of the molecule is C=CCn1c(NN=Cc2ccc([N+](=O)[O-])cc2)nc2c1c(=O)n(C)c(=O)n2C. The highest BCUT2D eigenvalue weighted by Crippen LogP contribution is 2.16. The van der Waals surface area contributed by atoms with Crippen molar-refractivity contribution in [3.05, 3.63) is 73.4 Å². The van der Waals surface area contributed by atoms with Crippen molar-refractivity contribution in [3.63, 3.8) is 0 Å². The van der Waals surface area contributed by atoms with E-state index in [9.17, 15) is 19.7 Å². The van der Waals surface area contributed by atoms with E-state index in [1.54, 1.807) is 22.8 Å². The molecule has 1 N–H and O–H groups in total. The number of non-ortho nitro benzene ring substituents is 1. The minimum Gasteiger partial charge on any atom is -0.299 e. The van der Waals surface area contributed by atoms with Gasteiger partial charge in [-0.15, -0.1) is 6.58 Å². The number of fused-ring (bicyclic) bond motifs is 1. The maximum Gasteiger partial charge on any atom is 0.332 e. The van der Waals surface area contributed by atoms with E-state index < -0.39 is 16.2 Å². The number of hydrazone groups is 1. The second-order valence-corrected chi connectivity index (χ2v) is 5.93. The van der Waals surface area contributed by atoms with Crippen molar-refractivity contribution in [2.45, 2.75) is 6.54 Å². The highest BCUT2D eigenvalue weighted by atomic mass is 16.6. The molecule has 0 spiro atoms. The van der Waals surface area contributed by atoms with Crippen LogP contribution in [0.3, 0.4) is 0 Å². The molecule has 0 fully saturated rings. The lowest BCUT2D eigenvalue weighted by Crippen LogP contribution is -2.37. The predicted octanol–water partition coefficient (Wildman–Crippen LogP) is 0.974. The average molecular weight is 383 g/mol. The van der Waals surface area contributed by atoms with Gasteiger partial charge in [-0.25, -0.2) is 10.2 Å². The van der Waals surface area contributed by atoms with Crippen LogP contribution in [0.15, 0.2) is 51.6 Å². The zero-order valence-corrected chi connectivity index (χ0v) is 15.2. The number of nitrogens with one attached hydrogen (secondary N) is 1. The Labute approximate surface area is 158 Å². The summed E-state index contributed by atoms with van der Waals surface area (Å²) in [5, 5.41) is 14.8. The number of hydrogen-bond donors (Lipinski definition) is 1. The van der Waals surface area contributed by atoms with Gasteiger partial charge in [-0.05, 0) is 17.7 Å². The number of allylic oxidation sites excluding steroid dienone is 1. The first-order valence-corrected chi connectivity index (χ1v) is 8.15. The maximum atomic E-state index is 12.5. The largest absolute Gasteiger partial charge is 0.332 e. The van der Waals surface area contributed by atoms with Crippen molar-refractivity contribution >= 4 is 29.0 Å². The fourth-order valence-electron chi connectivity index (χ4n) is 2.69. The zero-order valence-electron chi connectivity index (χ0n) is 15.2. The molecule has 144 valence electrons. The minimum atomic E-state index is -0.485. The van der Waals surface area contributed by atoms with E-state index in [0.29, 0.717) is 5.56 Å². The summed E-state index contributed by atoms with van der Waals surface area (Å²) in [7, 11) is 2.93. The van der Waals surface area contributed by atoms with E-state index in [1.165, 1.54) is 37.0 Å². The Morgan fingerprint density at radius 3 is 2.54 bits per heavy atom. The third-order valence-corrected chi connectivity index (χ3v) is 4.14. The molecule has 0 saturated heterocycles. The molecule has 0 amide bonds. The van der Waals surface area contributed by atoms with Gasteiger partial charge in [0.15, 0.2) is 11.2 Å². The molecule has 0 aliphatic carbocycles. The van der Waals surface area contributed by atoms with Gasteiger partial charge in [0, 0.05) is 32.8 Å². The van der Waals surface area contributed by atoms with E-state index >= 15 is 0 Å². The summed E-state index contributed by atoms with van der Waals surface area (Å²) in [5.41, 5.74) is 2.87. The molecule has 1 aromatic carbocycles. The predicted molar refractivity (Wildman–Crippen MR) is 105 cm³/mol. The van der Waals surface area contributed by atoms with Crippen LogP contribution in [0, 0.1) is 10.1 Å². The Balaban J connectivity index is 1.99. The highest BCUT2D eigenvalue weighted by Gasteiger charge is 2.18. The fraction of sp³-hybridized carbons (Fsp3) is 0.176. The second kappa shape index (κ2) is 7.31. The van der Waals surface area contributed by atoms with Gasteiger partial charge in [-0.2, -0.15) is 10.1 Å². The molecular formula is C17H17N7O4. The van der Waals surface area contributed by atoms with Crippen LogP contribution in [0.25, 0.3) is 11.2 Å². The molecule has 3 rings (SSSR count). The molecule has 0 unspecified atom stereocenters. The second-order valence-electron chi connectivity index (χ2n) is 5.93. The van der Waals surface area contributed by atoms with Crippen molar-refractivity contribution in [1.82, 2.24) is 18.7 Å². The van der Waals surface area contributed by atoms with Crippen molar-refractivity contribution in [1.29, 1.82) is 0 Å². The summed E-state index contributed by atoms with van der Waals surface area (Å²) in [6.07, 6.45) is 3.05. The van der Waals surface area contributed by atoms with E-state index in [2.05, 4.69) is 22.1 Å². The molecule has 0 saturated carbocycles. The van der Waals surface area contributed by atoms with Crippen LogP contribution in [0.2, 0.25) is 0 Å². The lowest BCUT2D eigenvalue weighted by Gasteiger charge is -2.06. The average Bonchev–Trinajstić information content (AvgIpc) is 3.04. The third kappa shape index (κ3) is 3.20. The summed E-state index contributed by atoms with van der Waals surface area (Å²) >= 11 is 0. The number of aryl methyl sites for hydroxylation is 1. The van der Waals surface area contributed by atoms with Crippen LogP contribution in [0.1, 0.15) is 5.56 Å². The van der Waals surface area contributed by atoms with E-state index in [1.807, 2.05) is 0 Å².